The lowest BCUT2D eigenvalue weighted by Crippen LogP contribution is -2.28. The van der Waals surface area contributed by atoms with E-state index in [1.165, 1.54) is 19.0 Å². The van der Waals surface area contributed by atoms with E-state index in [4.69, 9.17) is 0 Å². The van der Waals surface area contributed by atoms with Crippen LogP contribution in [0.3, 0.4) is 0 Å². The Morgan fingerprint density at radius 1 is 1.38 bits per heavy atom. The normalized spacial score (nSPS) is 11.5. The van der Waals surface area contributed by atoms with Crippen LogP contribution in [-0.4, -0.2) is 41.2 Å². The Hall–Kier alpha value is -2.58. The number of carbonyl (C=O) groups excluding carboxylic acids is 2. The third kappa shape index (κ3) is 2.67. The zero-order chi connectivity index (χ0) is 15.8. The number of nitrogens with zero attached hydrogens (tertiary/aromatic N) is 3. The van der Waals surface area contributed by atoms with Crippen molar-refractivity contribution in [2.45, 2.75) is 6.18 Å². The van der Waals surface area contributed by atoms with Gasteiger partial charge in [-0.1, -0.05) is 0 Å². The van der Waals surface area contributed by atoms with Gasteiger partial charge in [-0.3, -0.25) is 4.79 Å². The van der Waals surface area contributed by atoms with Crippen molar-refractivity contribution in [3.8, 4) is 0 Å². The van der Waals surface area contributed by atoms with Gasteiger partial charge >= 0.3 is 12.2 Å². The first-order valence-electron chi connectivity index (χ1n) is 5.77. The van der Waals surface area contributed by atoms with Crippen LogP contribution in [0.4, 0.5) is 23.8 Å². The number of fused-ring (bicyclic) bond motifs is 1. The molecule has 0 saturated carbocycles. The molecule has 0 fully saturated rings. The number of halogens is 3. The van der Waals surface area contributed by atoms with Gasteiger partial charge in [0, 0.05) is 19.5 Å². The van der Waals surface area contributed by atoms with Gasteiger partial charge in [-0.2, -0.15) is 17.9 Å². The van der Waals surface area contributed by atoms with E-state index in [2.05, 4.69) is 10.4 Å². The monoisotopic (exact) mass is 300 g/mol. The van der Waals surface area contributed by atoms with E-state index in [1.807, 2.05) is 0 Å². The van der Waals surface area contributed by atoms with E-state index in [1.54, 1.807) is 0 Å². The van der Waals surface area contributed by atoms with Crippen molar-refractivity contribution >= 4 is 29.2 Å². The minimum Gasteiger partial charge on any atom is -0.329 e. The summed E-state index contributed by atoms with van der Waals surface area (Å²) in [5, 5.41) is 6.07. The van der Waals surface area contributed by atoms with Crippen molar-refractivity contribution in [3.05, 3.63) is 23.8 Å². The second-order valence-electron chi connectivity index (χ2n) is 4.43. The average molecular weight is 300 g/mol. The average Bonchev–Trinajstić information content (AvgIpc) is 2.75. The minimum absolute atomic E-state index is 0.0344. The molecular formula is C12H11F3N4O2. The lowest BCUT2D eigenvalue weighted by molar-refractivity contribution is -0.137. The fourth-order valence-electron chi connectivity index (χ4n) is 1.79. The van der Waals surface area contributed by atoms with E-state index >= 15 is 0 Å². The first-order valence-corrected chi connectivity index (χ1v) is 5.77. The Bertz CT molecular complexity index is 706. The highest BCUT2D eigenvalue weighted by Crippen LogP contribution is 2.33. The summed E-state index contributed by atoms with van der Waals surface area (Å²) in [5.74, 6) is -0.110. The SMILES string of the molecule is CN(C)C(=O)n1nc(NC=O)c2cc(C(F)(F)F)ccc21. The predicted octanol–water partition coefficient (Wildman–Crippen LogP) is 2.15. The van der Waals surface area contributed by atoms with Crippen LogP contribution < -0.4 is 5.32 Å². The standard InChI is InChI=1S/C12H11F3N4O2/c1-18(2)11(21)19-9-4-3-7(12(13,14)15)5-8(9)10(17-19)16-6-20/h3-6H,1-2H3,(H,16,17,20). The van der Waals surface area contributed by atoms with Gasteiger partial charge < -0.3 is 10.2 Å². The fraction of sp³-hybridized carbons (Fsp3) is 0.250. The summed E-state index contributed by atoms with van der Waals surface area (Å²) in [4.78, 5) is 23.7. The van der Waals surface area contributed by atoms with Crippen molar-refractivity contribution in [1.29, 1.82) is 0 Å². The maximum Gasteiger partial charge on any atom is 0.416 e. The molecule has 1 heterocycles. The number of amides is 2. The smallest absolute Gasteiger partial charge is 0.329 e. The molecule has 0 unspecified atom stereocenters. The van der Waals surface area contributed by atoms with Gasteiger partial charge in [0.1, 0.15) is 0 Å². The number of rotatable bonds is 2. The summed E-state index contributed by atoms with van der Waals surface area (Å²) < 4.78 is 39.1. The summed E-state index contributed by atoms with van der Waals surface area (Å²) in [6.45, 7) is 0. The Balaban J connectivity index is 2.69. The Morgan fingerprint density at radius 2 is 2.05 bits per heavy atom. The third-order valence-corrected chi connectivity index (χ3v) is 2.77. The zero-order valence-electron chi connectivity index (χ0n) is 11.1. The molecule has 2 aromatic rings. The third-order valence-electron chi connectivity index (χ3n) is 2.77. The quantitative estimate of drug-likeness (QED) is 0.864. The summed E-state index contributed by atoms with van der Waals surface area (Å²) in [5.41, 5.74) is -0.716. The number of benzene rings is 1. The second-order valence-corrected chi connectivity index (χ2v) is 4.43. The number of carbonyl (C=O) groups is 2. The van der Waals surface area contributed by atoms with Crippen LogP contribution in [0, 0.1) is 0 Å². The molecule has 21 heavy (non-hydrogen) atoms. The number of anilines is 1. The molecule has 0 spiro atoms. The Kier molecular flexibility index (Phi) is 3.58. The largest absolute Gasteiger partial charge is 0.416 e. The van der Waals surface area contributed by atoms with E-state index in [-0.39, 0.29) is 23.1 Å². The van der Waals surface area contributed by atoms with Gasteiger partial charge in [0.2, 0.25) is 6.41 Å². The van der Waals surface area contributed by atoms with Gasteiger partial charge in [0.15, 0.2) is 5.82 Å². The number of aromatic nitrogens is 2. The molecule has 0 saturated heterocycles. The van der Waals surface area contributed by atoms with Crippen LogP contribution >= 0.6 is 0 Å². The minimum atomic E-state index is -4.53. The molecule has 2 amide bonds. The molecule has 0 aliphatic rings. The number of hydrogen-bond acceptors (Lipinski definition) is 3. The molecule has 0 bridgehead atoms. The highest BCUT2D eigenvalue weighted by atomic mass is 19.4. The topological polar surface area (TPSA) is 67.2 Å². The molecule has 112 valence electrons. The van der Waals surface area contributed by atoms with Gasteiger partial charge in [-0.15, -0.1) is 5.10 Å². The zero-order valence-corrected chi connectivity index (χ0v) is 11.1. The van der Waals surface area contributed by atoms with Crippen LogP contribution in [-0.2, 0) is 11.0 Å². The molecule has 2 rings (SSSR count). The molecular weight excluding hydrogens is 289 g/mol. The Morgan fingerprint density at radius 3 is 2.57 bits per heavy atom. The lowest BCUT2D eigenvalue weighted by Gasteiger charge is -2.10. The van der Waals surface area contributed by atoms with Crippen LogP contribution in [0.1, 0.15) is 5.56 Å². The summed E-state index contributed by atoms with van der Waals surface area (Å²) in [7, 11) is 2.96. The predicted molar refractivity (Wildman–Crippen MR) is 68.9 cm³/mol. The first kappa shape index (κ1) is 14.8. The first-order chi connectivity index (χ1) is 9.75. The summed E-state index contributed by atoms with van der Waals surface area (Å²) in [6, 6.07) is 2.29. The van der Waals surface area contributed by atoms with Crippen molar-refractivity contribution in [3.63, 3.8) is 0 Å². The molecule has 0 atom stereocenters. The van der Waals surface area contributed by atoms with Crippen molar-refractivity contribution in [1.82, 2.24) is 14.7 Å². The maximum atomic E-state index is 12.7. The van der Waals surface area contributed by atoms with Crippen molar-refractivity contribution in [2.75, 3.05) is 19.4 Å². The highest BCUT2D eigenvalue weighted by molar-refractivity contribution is 5.99. The lowest BCUT2D eigenvalue weighted by atomic mass is 10.1. The number of nitrogens with one attached hydrogen (secondary N) is 1. The van der Waals surface area contributed by atoms with E-state index < -0.39 is 17.8 Å². The van der Waals surface area contributed by atoms with E-state index in [9.17, 15) is 22.8 Å². The molecule has 0 radical (unpaired) electrons. The van der Waals surface area contributed by atoms with Crippen LogP contribution in [0.25, 0.3) is 10.9 Å². The van der Waals surface area contributed by atoms with E-state index in [0.717, 1.165) is 22.9 Å². The van der Waals surface area contributed by atoms with Crippen molar-refractivity contribution < 1.29 is 22.8 Å². The molecule has 1 aromatic heterocycles. The second kappa shape index (κ2) is 5.08. The van der Waals surface area contributed by atoms with Gasteiger partial charge in [-0.25, -0.2) is 4.79 Å². The molecule has 6 nitrogen and oxygen atoms in total. The summed E-state index contributed by atoms with van der Waals surface area (Å²) >= 11 is 0. The van der Waals surface area contributed by atoms with Crippen LogP contribution in [0.15, 0.2) is 18.2 Å². The molecule has 0 aliphatic heterocycles. The number of hydrogen-bond donors (Lipinski definition) is 1. The van der Waals surface area contributed by atoms with Gasteiger partial charge in [0.25, 0.3) is 0 Å². The molecule has 1 N–H and O–H groups in total. The Labute approximate surface area is 117 Å². The van der Waals surface area contributed by atoms with E-state index in [0.29, 0.717) is 0 Å². The molecule has 1 aromatic carbocycles. The van der Waals surface area contributed by atoms with Crippen molar-refractivity contribution in [2.24, 2.45) is 0 Å². The fourth-order valence-corrected chi connectivity index (χ4v) is 1.79. The molecule has 0 aliphatic carbocycles. The molecule has 9 heteroatoms. The summed E-state index contributed by atoms with van der Waals surface area (Å²) in [6.07, 6.45) is -4.24. The number of alkyl halides is 3. The van der Waals surface area contributed by atoms with Gasteiger partial charge in [-0.05, 0) is 18.2 Å². The van der Waals surface area contributed by atoms with Crippen LogP contribution in [0.2, 0.25) is 0 Å². The maximum absolute atomic E-state index is 12.7. The van der Waals surface area contributed by atoms with Gasteiger partial charge in [0.05, 0.1) is 11.1 Å². The highest BCUT2D eigenvalue weighted by Gasteiger charge is 2.31. The van der Waals surface area contributed by atoms with Crippen LogP contribution in [0.5, 0.6) is 0 Å².